The van der Waals surface area contributed by atoms with E-state index in [4.69, 9.17) is 4.74 Å². The summed E-state index contributed by atoms with van der Waals surface area (Å²) in [6.07, 6.45) is 0. The van der Waals surface area contributed by atoms with Gasteiger partial charge in [0.25, 0.3) is 0 Å². The van der Waals surface area contributed by atoms with E-state index >= 15 is 0 Å². The largest absolute Gasteiger partial charge is 0.492 e. The first kappa shape index (κ1) is 17.0. The van der Waals surface area contributed by atoms with Crippen LogP contribution in [0.3, 0.4) is 0 Å². The molecule has 0 unspecified atom stereocenters. The Bertz CT molecular complexity index is 451. The van der Waals surface area contributed by atoms with E-state index < -0.39 is 0 Å². The molecule has 21 heavy (non-hydrogen) atoms. The SMILES string of the molecule is CNC(=O)CN(C)C(=O)CN(C)CCOc1ccccc1. The number of hydrogen-bond donors (Lipinski definition) is 1. The summed E-state index contributed by atoms with van der Waals surface area (Å²) < 4.78 is 5.57. The first-order chi connectivity index (χ1) is 10.0. The molecule has 1 rings (SSSR count). The van der Waals surface area contributed by atoms with Crippen molar-refractivity contribution in [2.24, 2.45) is 0 Å². The van der Waals surface area contributed by atoms with Crippen LogP contribution in [0.5, 0.6) is 5.75 Å². The van der Waals surface area contributed by atoms with E-state index in [0.29, 0.717) is 13.2 Å². The smallest absolute Gasteiger partial charge is 0.239 e. The number of nitrogens with zero attached hydrogens (tertiary/aromatic N) is 2. The molecule has 6 heteroatoms. The number of benzene rings is 1. The molecule has 1 N–H and O–H groups in total. The molecule has 0 aliphatic rings. The Hall–Kier alpha value is -2.08. The van der Waals surface area contributed by atoms with E-state index in [9.17, 15) is 9.59 Å². The maximum absolute atomic E-state index is 11.9. The average Bonchev–Trinajstić information content (AvgIpc) is 2.48. The molecule has 0 bridgehead atoms. The third-order valence-corrected chi connectivity index (χ3v) is 2.98. The summed E-state index contributed by atoms with van der Waals surface area (Å²) in [4.78, 5) is 26.4. The van der Waals surface area contributed by atoms with Gasteiger partial charge in [-0.1, -0.05) is 18.2 Å². The maximum Gasteiger partial charge on any atom is 0.239 e. The van der Waals surface area contributed by atoms with Crippen LogP contribution in [0.15, 0.2) is 30.3 Å². The van der Waals surface area contributed by atoms with Gasteiger partial charge in [-0.05, 0) is 19.2 Å². The molecule has 116 valence electrons. The molecule has 0 radical (unpaired) electrons. The van der Waals surface area contributed by atoms with Crippen LogP contribution < -0.4 is 10.1 Å². The van der Waals surface area contributed by atoms with E-state index in [0.717, 1.165) is 5.75 Å². The fraction of sp³-hybridized carbons (Fsp3) is 0.467. The van der Waals surface area contributed by atoms with Crippen molar-refractivity contribution in [1.29, 1.82) is 0 Å². The minimum absolute atomic E-state index is 0.0731. The van der Waals surface area contributed by atoms with Crippen LogP contribution >= 0.6 is 0 Å². The molecule has 0 aliphatic carbocycles. The summed E-state index contributed by atoms with van der Waals surface area (Å²) >= 11 is 0. The molecule has 2 amide bonds. The highest BCUT2D eigenvalue weighted by atomic mass is 16.5. The second kappa shape index (κ2) is 8.97. The number of carbonyl (C=O) groups excluding carboxylic acids is 2. The number of carbonyl (C=O) groups is 2. The number of hydrogen-bond acceptors (Lipinski definition) is 4. The Balaban J connectivity index is 2.25. The molecular formula is C15H23N3O3. The maximum atomic E-state index is 11.9. The Morgan fingerprint density at radius 1 is 1.14 bits per heavy atom. The van der Waals surface area contributed by atoms with E-state index in [1.165, 1.54) is 4.90 Å². The van der Waals surface area contributed by atoms with Crippen LogP contribution in [-0.2, 0) is 9.59 Å². The molecule has 0 spiro atoms. The summed E-state index contributed by atoms with van der Waals surface area (Å²) in [6.45, 7) is 1.47. The predicted octanol–water partition coefficient (Wildman–Crippen LogP) is 0.202. The van der Waals surface area contributed by atoms with E-state index in [2.05, 4.69) is 5.32 Å². The topological polar surface area (TPSA) is 61.9 Å². The second-order valence-electron chi connectivity index (χ2n) is 4.82. The monoisotopic (exact) mass is 293 g/mol. The van der Waals surface area contributed by atoms with E-state index in [1.54, 1.807) is 14.1 Å². The zero-order chi connectivity index (χ0) is 15.7. The molecule has 0 saturated heterocycles. The molecule has 0 saturated carbocycles. The van der Waals surface area contributed by atoms with Crippen molar-refractivity contribution in [2.75, 3.05) is 47.4 Å². The lowest BCUT2D eigenvalue weighted by atomic mass is 10.3. The molecule has 0 fully saturated rings. The van der Waals surface area contributed by atoms with Gasteiger partial charge in [0.2, 0.25) is 11.8 Å². The van der Waals surface area contributed by atoms with Crippen LogP contribution in [0.2, 0.25) is 0 Å². The first-order valence-electron chi connectivity index (χ1n) is 6.84. The number of ether oxygens (including phenoxy) is 1. The van der Waals surface area contributed by atoms with Gasteiger partial charge < -0.3 is 15.0 Å². The predicted molar refractivity (Wildman–Crippen MR) is 81.1 cm³/mol. The lowest BCUT2D eigenvalue weighted by Gasteiger charge is -2.21. The Morgan fingerprint density at radius 3 is 2.43 bits per heavy atom. The van der Waals surface area contributed by atoms with Crippen LogP contribution in [-0.4, -0.2) is 69.0 Å². The van der Waals surface area contributed by atoms with E-state index in [-0.39, 0.29) is 24.9 Å². The Morgan fingerprint density at radius 2 is 1.81 bits per heavy atom. The van der Waals surface area contributed by atoms with Crippen LogP contribution in [0.25, 0.3) is 0 Å². The highest BCUT2D eigenvalue weighted by molar-refractivity contribution is 5.85. The zero-order valence-electron chi connectivity index (χ0n) is 12.8. The lowest BCUT2D eigenvalue weighted by molar-refractivity contribution is -0.135. The fourth-order valence-electron chi connectivity index (χ4n) is 1.65. The summed E-state index contributed by atoms with van der Waals surface area (Å²) in [5.74, 6) is 0.538. The van der Waals surface area contributed by atoms with Crippen molar-refractivity contribution in [3.8, 4) is 5.75 Å². The molecule has 0 aromatic heterocycles. The summed E-state index contributed by atoms with van der Waals surface area (Å²) in [6, 6.07) is 9.54. The molecule has 0 atom stereocenters. The quantitative estimate of drug-likeness (QED) is 0.744. The molecule has 1 aromatic rings. The highest BCUT2D eigenvalue weighted by Crippen LogP contribution is 2.07. The lowest BCUT2D eigenvalue weighted by Crippen LogP contribution is -2.42. The number of nitrogens with one attached hydrogen (secondary N) is 1. The van der Waals surface area contributed by atoms with Gasteiger partial charge in [-0.15, -0.1) is 0 Å². The van der Waals surface area contributed by atoms with Gasteiger partial charge in [-0.25, -0.2) is 0 Å². The molecular weight excluding hydrogens is 270 g/mol. The molecule has 1 aromatic carbocycles. The molecule has 6 nitrogen and oxygen atoms in total. The van der Waals surface area contributed by atoms with Crippen molar-refractivity contribution in [3.05, 3.63) is 30.3 Å². The average molecular weight is 293 g/mol. The summed E-state index contributed by atoms with van der Waals surface area (Å²) in [5, 5.41) is 2.49. The van der Waals surface area contributed by atoms with Crippen LogP contribution in [0.1, 0.15) is 0 Å². The van der Waals surface area contributed by atoms with Gasteiger partial charge >= 0.3 is 0 Å². The number of para-hydroxylation sites is 1. The molecule has 0 aliphatic heterocycles. The van der Waals surface area contributed by atoms with Gasteiger partial charge in [-0.2, -0.15) is 0 Å². The van der Waals surface area contributed by atoms with E-state index in [1.807, 2.05) is 42.3 Å². The third kappa shape index (κ3) is 6.76. The second-order valence-corrected chi connectivity index (χ2v) is 4.82. The minimum Gasteiger partial charge on any atom is -0.492 e. The van der Waals surface area contributed by atoms with Crippen molar-refractivity contribution in [3.63, 3.8) is 0 Å². The summed E-state index contributed by atoms with van der Waals surface area (Å²) in [5.41, 5.74) is 0. The number of amides is 2. The van der Waals surface area contributed by atoms with Gasteiger partial charge in [0.05, 0.1) is 13.1 Å². The normalized spacial score (nSPS) is 10.3. The third-order valence-electron chi connectivity index (χ3n) is 2.98. The summed E-state index contributed by atoms with van der Waals surface area (Å²) in [7, 11) is 5.01. The van der Waals surface area contributed by atoms with Crippen molar-refractivity contribution in [2.45, 2.75) is 0 Å². The molecule has 0 heterocycles. The van der Waals surface area contributed by atoms with Gasteiger partial charge in [0.15, 0.2) is 0 Å². The standard InChI is InChI=1S/C15H23N3O3/c1-16-14(19)11-18(3)15(20)12-17(2)9-10-21-13-7-5-4-6-8-13/h4-8H,9-12H2,1-3H3,(H,16,19). The van der Waals surface area contributed by atoms with Gasteiger partial charge in [0.1, 0.15) is 12.4 Å². The van der Waals surface area contributed by atoms with Gasteiger partial charge in [-0.3, -0.25) is 14.5 Å². The van der Waals surface area contributed by atoms with Gasteiger partial charge in [0, 0.05) is 20.6 Å². The first-order valence-corrected chi connectivity index (χ1v) is 6.84. The number of rotatable bonds is 8. The fourth-order valence-corrected chi connectivity index (χ4v) is 1.65. The Kier molecular flexibility index (Phi) is 7.25. The van der Waals surface area contributed by atoms with Crippen molar-refractivity contribution < 1.29 is 14.3 Å². The Labute approximate surface area is 125 Å². The zero-order valence-corrected chi connectivity index (χ0v) is 12.8. The highest BCUT2D eigenvalue weighted by Gasteiger charge is 2.14. The van der Waals surface area contributed by atoms with Crippen LogP contribution in [0, 0.1) is 0 Å². The minimum atomic E-state index is -0.180. The number of likely N-dealkylation sites (N-methyl/N-ethyl adjacent to an activating group) is 3. The van der Waals surface area contributed by atoms with Crippen LogP contribution in [0.4, 0.5) is 0 Å². The van der Waals surface area contributed by atoms with Crippen molar-refractivity contribution >= 4 is 11.8 Å². The van der Waals surface area contributed by atoms with Crippen molar-refractivity contribution in [1.82, 2.24) is 15.1 Å².